The van der Waals surface area contributed by atoms with Crippen LogP contribution in [0.15, 0.2) is 0 Å². The number of piperidine rings is 1. The minimum Gasteiger partial charge on any atom is -0.462 e. The summed E-state index contributed by atoms with van der Waals surface area (Å²) < 4.78 is 11.0. The average molecular weight is 456 g/mol. The van der Waals surface area contributed by atoms with Crippen LogP contribution < -0.4 is 10.2 Å². The number of imidazole rings is 1. The van der Waals surface area contributed by atoms with Crippen molar-refractivity contribution in [2.45, 2.75) is 46.3 Å². The number of carbonyl (C=O) groups is 2. The van der Waals surface area contributed by atoms with Gasteiger partial charge in [-0.05, 0) is 34.1 Å². The number of aromatic nitrogens is 3. The molecule has 1 saturated heterocycles. The fourth-order valence-corrected chi connectivity index (χ4v) is 4.45. The smallest absolute Gasteiger partial charge is 0.350 e. The Morgan fingerprint density at radius 1 is 1.30 bits per heavy atom. The van der Waals surface area contributed by atoms with Crippen LogP contribution in [0, 0.1) is 13.8 Å². The molecule has 0 aliphatic carbocycles. The van der Waals surface area contributed by atoms with Gasteiger partial charge in [0.1, 0.15) is 4.88 Å². The molecule has 3 heterocycles. The highest BCUT2D eigenvalue weighted by Gasteiger charge is 2.33. The van der Waals surface area contributed by atoms with Gasteiger partial charge >= 0.3 is 5.97 Å². The quantitative estimate of drug-likeness (QED) is 0.617. The van der Waals surface area contributed by atoms with Crippen LogP contribution in [0.5, 0.6) is 0 Å². The molecule has 3 rings (SSSR count). The summed E-state index contributed by atoms with van der Waals surface area (Å²) in [4.78, 5) is 38.7. The standard InChI is InChI=1S/C19H26ClN5O4S/c1-5-28-13-9-25(19-22-10(3)14(30-19)18(27)29-6-2)8-7-12(13)23-17(26)16-21-11(4)15(20)24-16/h12-13H,5-9H2,1-4H3,(H,21,24)(H,23,26)/t12-,13+/m1/s1. The minimum absolute atomic E-state index is 0.177. The van der Waals surface area contributed by atoms with Crippen molar-refractivity contribution in [2.75, 3.05) is 31.2 Å². The van der Waals surface area contributed by atoms with E-state index < -0.39 is 0 Å². The van der Waals surface area contributed by atoms with E-state index in [9.17, 15) is 9.59 Å². The topological polar surface area (TPSA) is 109 Å². The van der Waals surface area contributed by atoms with Crippen LogP contribution in [0.2, 0.25) is 5.15 Å². The van der Waals surface area contributed by atoms with E-state index in [0.29, 0.717) is 49.0 Å². The van der Waals surface area contributed by atoms with Crippen molar-refractivity contribution in [3.8, 4) is 0 Å². The predicted octanol–water partition coefficient (Wildman–Crippen LogP) is 2.73. The summed E-state index contributed by atoms with van der Waals surface area (Å²) >= 11 is 7.26. The normalized spacial score (nSPS) is 19.0. The highest BCUT2D eigenvalue weighted by Crippen LogP contribution is 2.29. The van der Waals surface area contributed by atoms with Crippen molar-refractivity contribution in [3.63, 3.8) is 0 Å². The summed E-state index contributed by atoms with van der Waals surface area (Å²) in [5.41, 5.74) is 1.30. The van der Waals surface area contributed by atoms with Crippen LogP contribution in [0.1, 0.15) is 51.9 Å². The SMILES string of the molecule is CCOC(=O)c1sc(N2CC[C@@H](NC(=O)c3nc(Cl)c(C)[nH]3)[C@@H](OCC)C2)nc1C. The van der Waals surface area contributed by atoms with E-state index in [1.165, 1.54) is 11.3 Å². The molecule has 0 unspecified atom stereocenters. The molecule has 2 N–H and O–H groups in total. The van der Waals surface area contributed by atoms with E-state index in [-0.39, 0.29) is 35.0 Å². The highest BCUT2D eigenvalue weighted by molar-refractivity contribution is 7.17. The lowest BCUT2D eigenvalue weighted by atomic mass is 10.0. The number of aryl methyl sites for hydroxylation is 2. The zero-order valence-electron chi connectivity index (χ0n) is 17.5. The maximum absolute atomic E-state index is 12.6. The number of halogens is 1. The second-order valence-corrected chi connectivity index (χ2v) is 8.28. The van der Waals surface area contributed by atoms with Gasteiger partial charge in [0.2, 0.25) is 0 Å². The van der Waals surface area contributed by atoms with Crippen LogP contribution >= 0.6 is 22.9 Å². The Labute approximate surface area is 184 Å². The van der Waals surface area contributed by atoms with E-state index in [4.69, 9.17) is 21.1 Å². The van der Waals surface area contributed by atoms with Gasteiger partial charge in [-0.2, -0.15) is 0 Å². The van der Waals surface area contributed by atoms with Crippen LogP contribution in [0.3, 0.4) is 0 Å². The molecule has 30 heavy (non-hydrogen) atoms. The monoisotopic (exact) mass is 455 g/mol. The van der Waals surface area contributed by atoms with E-state index in [1.54, 1.807) is 20.8 Å². The molecule has 2 atom stereocenters. The maximum atomic E-state index is 12.6. The summed E-state index contributed by atoms with van der Waals surface area (Å²) in [7, 11) is 0. The van der Waals surface area contributed by atoms with Gasteiger partial charge in [-0.15, -0.1) is 0 Å². The van der Waals surface area contributed by atoms with Crippen molar-refractivity contribution >= 4 is 39.9 Å². The molecule has 0 saturated carbocycles. The Morgan fingerprint density at radius 2 is 2.07 bits per heavy atom. The molecule has 0 radical (unpaired) electrons. The van der Waals surface area contributed by atoms with Gasteiger partial charge in [0.15, 0.2) is 16.1 Å². The number of nitrogens with one attached hydrogen (secondary N) is 2. The number of thiazole rings is 1. The Morgan fingerprint density at radius 3 is 2.70 bits per heavy atom. The Balaban J connectivity index is 1.70. The predicted molar refractivity (Wildman–Crippen MR) is 115 cm³/mol. The van der Waals surface area contributed by atoms with Gasteiger partial charge < -0.3 is 24.7 Å². The summed E-state index contributed by atoms with van der Waals surface area (Å²) in [6, 6.07) is -0.177. The number of hydrogen-bond acceptors (Lipinski definition) is 8. The van der Waals surface area contributed by atoms with Gasteiger partial charge in [0.05, 0.1) is 30.1 Å². The van der Waals surface area contributed by atoms with Crippen molar-refractivity contribution in [3.05, 3.63) is 27.2 Å². The van der Waals surface area contributed by atoms with Gasteiger partial charge in [-0.3, -0.25) is 4.79 Å². The second-order valence-electron chi connectivity index (χ2n) is 6.94. The molecule has 9 nitrogen and oxygen atoms in total. The zero-order valence-corrected chi connectivity index (χ0v) is 19.0. The lowest BCUT2D eigenvalue weighted by Gasteiger charge is -2.38. The zero-order chi connectivity index (χ0) is 21.8. The van der Waals surface area contributed by atoms with Crippen molar-refractivity contribution < 1.29 is 19.1 Å². The highest BCUT2D eigenvalue weighted by atomic mass is 35.5. The minimum atomic E-state index is -0.352. The molecule has 164 valence electrons. The fraction of sp³-hybridized carbons (Fsp3) is 0.579. The van der Waals surface area contributed by atoms with E-state index in [0.717, 1.165) is 5.13 Å². The lowest BCUT2D eigenvalue weighted by molar-refractivity contribution is 0.0271. The molecule has 0 bridgehead atoms. The molecule has 2 aromatic heterocycles. The van der Waals surface area contributed by atoms with Crippen LogP contribution in [-0.2, 0) is 9.47 Å². The molecule has 1 aliphatic rings. The van der Waals surface area contributed by atoms with Crippen LogP contribution in [-0.4, -0.2) is 65.3 Å². The number of amides is 1. The van der Waals surface area contributed by atoms with Gasteiger partial charge in [-0.1, -0.05) is 22.9 Å². The molecule has 0 aromatic carbocycles. The summed E-state index contributed by atoms with van der Waals surface area (Å²) in [6.45, 7) is 9.31. The van der Waals surface area contributed by atoms with Crippen molar-refractivity contribution in [1.29, 1.82) is 0 Å². The molecule has 1 amide bonds. The van der Waals surface area contributed by atoms with Crippen LogP contribution in [0.25, 0.3) is 0 Å². The third kappa shape index (κ3) is 4.93. The largest absolute Gasteiger partial charge is 0.462 e. The molecular formula is C19H26ClN5O4S. The first-order valence-corrected chi connectivity index (χ1v) is 11.1. The molecule has 1 fully saturated rings. The number of H-pyrrole nitrogens is 1. The van der Waals surface area contributed by atoms with Crippen molar-refractivity contribution in [1.82, 2.24) is 20.3 Å². The Kier molecular flexibility index (Phi) is 7.32. The van der Waals surface area contributed by atoms with E-state index in [1.807, 2.05) is 6.92 Å². The molecular weight excluding hydrogens is 430 g/mol. The summed E-state index contributed by atoms with van der Waals surface area (Å²) in [5.74, 6) is -0.484. The number of ether oxygens (including phenoxy) is 2. The molecule has 0 spiro atoms. The molecule has 1 aliphatic heterocycles. The number of esters is 1. The first kappa shape index (κ1) is 22.5. The number of hydrogen-bond donors (Lipinski definition) is 2. The third-order valence-electron chi connectivity index (χ3n) is 4.81. The van der Waals surface area contributed by atoms with Crippen molar-refractivity contribution in [2.24, 2.45) is 0 Å². The number of rotatable bonds is 7. The van der Waals surface area contributed by atoms with E-state index >= 15 is 0 Å². The van der Waals surface area contributed by atoms with Gasteiger partial charge in [0, 0.05) is 19.7 Å². The number of carbonyl (C=O) groups excluding carboxylic acids is 2. The third-order valence-corrected chi connectivity index (χ3v) is 6.38. The summed E-state index contributed by atoms with van der Waals surface area (Å²) in [5, 5.41) is 4.03. The van der Waals surface area contributed by atoms with Crippen LogP contribution in [0.4, 0.5) is 5.13 Å². The first-order valence-electron chi connectivity index (χ1n) is 9.88. The number of aromatic amines is 1. The Hall–Kier alpha value is -2.17. The van der Waals surface area contributed by atoms with Gasteiger partial charge in [0.25, 0.3) is 5.91 Å². The second kappa shape index (κ2) is 9.76. The maximum Gasteiger partial charge on any atom is 0.350 e. The molecule has 2 aromatic rings. The average Bonchev–Trinajstić information content (AvgIpc) is 3.26. The van der Waals surface area contributed by atoms with E-state index in [2.05, 4.69) is 25.2 Å². The number of nitrogens with zero attached hydrogens (tertiary/aromatic N) is 3. The fourth-order valence-electron chi connectivity index (χ4n) is 3.33. The van der Waals surface area contributed by atoms with Gasteiger partial charge in [-0.25, -0.2) is 14.8 Å². The molecule has 11 heteroatoms. The lowest BCUT2D eigenvalue weighted by Crippen LogP contribution is -2.55. The first-order chi connectivity index (χ1) is 14.3. The summed E-state index contributed by atoms with van der Waals surface area (Å²) in [6.07, 6.45) is 0.437. The Bertz CT molecular complexity index is 895. The number of anilines is 1.